The summed E-state index contributed by atoms with van der Waals surface area (Å²) >= 11 is 0. The molecule has 0 amide bonds. The Labute approximate surface area is 128 Å². The molecule has 1 aliphatic carbocycles. The molecular formula is C16H17N5O. The quantitative estimate of drug-likeness (QED) is 0.802. The molecule has 4 rings (SSSR count). The highest BCUT2D eigenvalue weighted by Crippen LogP contribution is 2.33. The second-order valence-electron chi connectivity index (χ2n) is 5.27. The molecule has 112 valence electrons. The first-order valence-electron chi connectivity index (χ1n) is 7.57. The zero-order chi connectivity index (χ0) is 14.9. The topological polar surface area (TPSA) is 64.3 Å². The number of aryl methyl sites for hydroxylation is 1. The van der Waals surface area contributed by atoms with E-state index in [0.29, 0.717) is 12.4 Å². The van der Waals surface area contributed by atoms with E-state index in [9.17, 15) is 0 Å². The summed E-state index contributed by atoms with van der Waals surface area (Å²) < 4.78 is 7.47. The van der Waals surface area contributed by atoms with Crippen molar-refractivity contribution in [2.45, 2.75) is 26.2 Å². The monoisotopic (exact) mass is 295 g/mol. The summed E-state index contributed by atoms with van der Waals surface area (Å²) in [7, 11) is 0. The van der Waals surface area contributed by atoms with Crippen LogP contribution in [0, 0.1) is 0 Å². The van der Waals surface area contributed by atoms with Gasteiger partial charge in [0, 0.05) is 5.56 Å². The van der Waals surface area contributed by atoms with E-state index in [0.717, 1.165) is 42.2 Å². The number of benzene rings is 1. The fourth-order valence-corrected chi connectivity index (χ4v) is 2.93. The van der Waals surface area contributed by atoms with Crippen LogP contribution in [0.3, 0.4) is 0 Å². The second-order valence-corrected chi connectivity index (χ2v) is 5.27. The second kappa shape index (κ2) is 5.29. The normalized spacial score (nSPS) is 13.3. The molecule has 0 fully saturated rings. The van der Waals surface area contributed by atoms with Crippen LogP contribution < -0.4 is 10.1 Å². The first-order chi connectivity index (χ1) is 10.9. The molecule has 22 heavy (non-hydrogen) atoms. The molecule has 3 aromatic rings. The van der Waals surface area contributed by atoms with Crippen LogP contribution >= 0.6 is 0 Å². The third-order valence-corrected chi connectivity index (χ3v) is 3.89. The zero-order valence-electron chi connectivity index (χ0n) is 12.4. The molecule has 0 saturated carbocycles. The molecule has 0 atom stereocenters. The largest absolute Gasteiger partial charge is 0.492 e. The molecular weight excluding hydrogens is 278 g/mol. The highest BCUT2D eigenvalue weighted by Gasteiger charge is 2.21. The molecule has 0 saturated heterocycles. The number of nitrogens with one attached hydrogen (secondary N) is 1. The Morgan fingerprint density at radius 1 is 1.27 bits per heavy atom. The van der Waals surface area contributed by atoms with Gasteiger partial charge in [0.15, 0.2) is 0 Å². The molecule has 6 heteroatoms. The Morgan fingerprint density at radius 2 is 2.18 bits per heavy atom. The molecule has 2 aromatic heterocycles. The Hall–Kier alpha value is -2.63. The number of aromatic nitrogens is 4. The lowest BCUT2D eigenvalue weighted by Crippen LogP contribution is -2.08. The molecule has 0 radical (unpaired) electrons. The Balaban J connectivity index is 1.83. The Bertz CT molecular complexity index is 827. The van der Waals surface area contributed by atoms with Gasteiger partial charge in [0.25, 0.3) is 5.78 Å². The van der Waals surface area contributed by atoms with Crippen molar-refractivity contribution in [3.05, 3.63) is 41.9 Å². The van der Waals surface area contributed by atoms with E-state index in [-0.39, 0.29) is 0 Å². The van der Waals surface area contributed by atoms with E-state index >= 15 is 0 Å². The maximum atomic E-state index is 5.70. The lowest BCUT2D eigenvalue weighted by atomic mass is 10.2. The summed E-state index contributed by atoms with van der Waals surface area (Å²) in [5.74, 6) is 2.42. The number of rotatable bonds is 4. The van der Waals surface area contributed by atoms with Gasteiger partial charge in [-0.3, -0.25) is 0 Å². The van der Waals surface area contributed by atoms with Crippen molar-refractivity contribution in [1.29, 1.82) is 0 Å². The fourth-order valence-electron chi connectivity index (χ4n) is 2.93. The number of ether oxygens (including phenoxy) is 1. The lowest BCUT2D eigenvalue weighted by Gasteiger charge is -2.15. The van der Waals surface area contributed by atoms with E-state index in [1.807, 2.05) is 31.2 Å². The maximum Gasteiger partial charge on any atom is 0.254 e. The van der Waals surface area contributed by atoms with Gasteiger partial charge in [-0.15, -0.1) is 0 Å². The molecule has 1 N–H and O–H groups in total. The maximum absolute atomic E-state index is 5.70. The summed E-state index contributed by atoms with van der Waals surface area (Å²) in [6, 6.07) is 7.93. The molecule has 0 unspecified atom stereocenters. The minimum atomic E-state index is 0.631. The summed E-state index contributed by atoms with van der Waals surface area (Å²) in [5.41, 5.74) is 3.28. The number of anilines is 2. The minimum Gasteiger partial charge on any atom is -0.492 e. The van der Waals surface area contributed by atoms with Gasteiger partial charge in [0.2, 0.25) is 0 Å². The van der Waals surface area contributed by atoms with Crippen molar-refractivity contribution in [1.82, 2.24) is 19.6 Å². The number of nitrogens with zero attached hydrogens (tertiary/aromatic N) is 4. The van der Waals surface area contributed by atoms with E-state index < -0.39 is 0 Å². The van der Waals surface area contributed by atoms with Crippen LogP contribution in [0.5, 0.6) is 5.75 Å². The van der Waals surface area contributed by atoms with Gasteiger partial charge >= 0.3 is 0 Å². The van der Waals surface area contributed by atoms with Gasteiger partial charge in [-0.25, -0.2) is 4.98 Å². The number of fused-ring (bicyclic) bond motifs is 2. The van der Waals surface area contributed by atoms with Crippen LogP contribution in [0.1, 0.15) is 24.6 Å². The Morgan fingerprint density at radius 3 is 3.09 bits per heavy atom. The van der Waals surface area contributed by atoms with Gasteiger partial charge in [0.05, 0.1) is 18.0 Å². The van der Waals surface area contributed by atoms with E-state index in [4.69, 9.17) is 4.74 Å². The smallest absolute Gasteiger partial charge is 0.254 e. The van der Waals surface area contributed by atoms with Crippen LogP contribution in [-0.4, -0.2) is 26.2 Å². The van der Waals surface area contributed by atoms with Crippen LogP contribution in [0.25, 0.3) is 5.78 Å². The molecule has 1 aromatic carbocycles. The van der Waals surface area contributed by atoms with Crippen molar-refractivity contribution in [2.24, 2.45) is 0 Å². The highest BCUT2D eigenvalue weighted by molar-refractivity contribution is 5.68. The van der Waals surface area contributed by atoms with Crippen LogP contribution in [0.2, 0.25) is 0 Å². The number of hydrogen-bond acceptors (Lipinski definition) is 5. The SMILES string of the molecule is CCOc1ccccc1Nc1c2c(nc3ncnn13)CCC2. The van der Waals surface area contributed by atoms with Crippen molar-refractivity contribution < 1.29 is 4.74 Å². The van der Waals surface area contributed by atoms with Gasteiger partial charge in [-0.1, -0.05) is 12.1 Å². The lowest BCUT2D eigenvalue weighted by molar-refractivity contribution is 0.342. The molecule has 0 aliphatic heterocycles. The van der Waals surface area contributed by atoms with Crippen LogP contribution in [-0.2, 0) is 12.8 Å². The summed E-state index contributed by atoms with van der Waals surface area (Å²) in [6.45, 7) is 2.61. The van der Waals surface area contributed by atoms with Crippen molar-refractivity contribution in [3.8, 4) is 5.75 Å². The highest BCUT2D eigenvalue weighted by atomic mass is 16.5. The van der Waals surface area contributed by atoms with E-state index in [1.165, 1.54) is 11.9 Å². The molecule has 2 heterocycles. The molecule has 6 nitrogen and oxygen atoms in total. The van der Waals surface area contributed by atoms with Crippen LogP contribution in [0.4, 0.5) is 11.5 Å². The predicted molar refractivity (Wildman–Crippen MR) is 83.7 cm³/mol. The average Bonchev–Trinajstić information content (AvgIpc) is 3.17. The Kier molecular flexibility index (Phi) is 3.14. The summed E-state index contributed by atoms with van der Waals surface area (Å²) in [4.78, 5) is 8.82. The first kappa shape index (κ1) is 13.1. The van der Waals surface area contributed by atoms with Gasteiger partial charge < -0.3 is 10.1 Å². The van der Waals surface area contributed by atoms with E-state index in [2.05, 4.69) is 20.4 Å². The van der Waals surface area contributed by atoms with Gasteiger partial charge in [0.1, 0.15) is 17.9 Å². The van der Waals surface area contributed by atoms with Crippen molar-refractivity contribution in [3.63, 3.8) is 0 Å². The van der Waals surface area contributed by atoms with Crippen molar-refractivity contribution >= 4 is 17.3 Å². The standard InChI is InChI=1S/C16H17N5O/c1-2-22-14-9-4-3-7-13(14)19-15-11-6-5-8-12(11)20-16-17-10-18-21(15)16/h3-4,7,9-10,19H,2,5-6,8H2,1H3. The third kappa shape index (κ3) is 2.07. The molecule has 0 bridgehead atoms. The van der Waals surface area contributed by atoms with Crippen LogP contribution in [0.15, 0.2) is 30.6 Å². The van der Waals surface area contributed by atoms with Gasteiger partial charge in [-0.2, -0.15) is 14.6 Å². The summed E-state index contributed by atoms with van der Waals surface area (Å²) in [5, 5.41) is 7.79. The zero-order valence-corrected chi connectivity index (χ0v) is 12.4. The predicted octanol–water partition coefficient (Wildman–Crippen LogP) is 2.76. The summed E-state index contributed by atoms with van der Waals surface area (Å²) in [6.07, 6.45) is 4.67. The number of hydrogen-bond donors (Lipinski definition) is 1. The number of para-hydroxylation sites is 2. The minimum absolute atomic E-state index is 0.631. The third-order valence-electron chi connectivity index (χ3n) is 3.89. The van der Waals surface area contributed by atoms with Crippen molar-refractivity contribution in [2.75, 3.05) is 11.9 Å². The molecule has 0 spiro atoms. The first-order valence-corrected chi connectivity index (χ1v) is 7.57. The van der Waals surface area contributed by atoms with E-state index in [1.54, 1.807) is 4.52 Å². The fraction of sp³-hybridized carbons (Fsp3) is 0.312. The average molecular weight is 295 g/mol. The van der Waals surface area contributed by atoms with Gasteiger partial charge in [-0.05, 0) is 38.3 Å². The molecule has 1 aliphatic rings.